The van der Waals surface area contributed by atoms with Crippen molar-refractivity contribution in [2.75, 3.05) is 17.4 Å². The van der Waals surface area contributed by atoms with Gasteiger partial charge in [-0.3, -0.25) is 13.9 Å². The summed E-state index contributed by atoms with van der Waals surface area (Å²) in [6.07, 6.45) is 1.63. The molecule has 214 valence electrons. The van der Waals surface area contributed by atoms with Crippen LogP contribution in [0.2, 0.25) is 10.0 Å². The zero-order valence-corrected chi connectivity index (χ0v) is 24.9. The quantitative estimate of drug-likeness (QED) is 0.257. The second-order valence-electron chi connectivity index (χ2n) is 9.37. The number of unbranched alkanes of at least 4 members (excludes halogenated alkanes) is 1. The molecule has 7 nitrogen and oxygen atoms in total. The van der Waals surface area contributed by atoms with Crippen molar-refractivity contribution in [1.82, 2.24) is 10.2 Å². The monoisotopic (exact) mass is 607 g/mol. The van der Waals surface area contributed by atoms with Gasteiger partial charge in [-0.05, 0) is 62.2 Å². The van der Waals surface area contributed by atoms with Gasteiger partial charge in [-0.2, -0.15) is 0 Å². The molecule has 11 heteroatoms. The number of nitrogens with zero attached hydrogens (tertiary/aromatic N) is 2. The van der Waals surface area contributed by atoms with E-state index < -0.39 is 40.2 Å². The summed E-state index contributed by atoms with van der Waals surface area (Å²) >= 11 is 12.2. The van der Waals surface area contributed by atoms with Gasteiger partial charge in [0.1, 0.15) is 18.4 Å². The fourth-order valence-corrected chi connectivity index (χ4v) is 5.70. The molecule has 0 saturated heterocycles. The van der Waals surface area contributed by atoms with Gasteiger partial charge in [-0.1, -0.05) is 72.4 Å². The van der Waals surface area contributed by atoms with E-state index in [1.54, 1.807) is 37.3 Å². The Labute approximate surface area is 244 Å². The standard InChI is InChI=1S/C29H32Cl2FN3O4S/c1-4-5-16-33-29(37)21(3)34(18-22-12-15-24(30)25(31)17-22)28(36)19-35(27-9-7-6-8-26(27)32)40(38,39)23-13-10-20(2)11-14-23/h6-15,17,21H,4-5,16,18-19H2,1-3H3,(H,33,37)/t21-/m0/s1. The van der Waals surface area contributed by atoms with Gasteiger partial charge in [0.15, 0.2) is 0 Å². The first kappa shape index (κ1) is 31.4. The van der Waals surface area contributed by atoms with E-state index in [4.69, 9.17) is 23.2 Å². The maximum Gasteiger partial charge on any atom is 0.264 e. The predicted molar refractivity (Wildman–Crippen MR) is 157 cm³/mol. The van der Waals surface area contributed by atoms with E-state index in [2.05, 4.69) is 5.32 Å². The Hall–Kier alpha value is -3.14. The number of carbonyl (C=O) groups is 2. The highest BCUT2D eigenvalue weighted by molar-refractivity contribution is 7.92. The maximum absolute atomic E-state index is 15.0. The third kappa shape index (κ3) is 7.74. The lowest BCUT2D eigenvalue weighted by Crippen LogP contribution is -2.51. The van der Waals surface area contributed by atoms with Crippen molar-refractivity contribution in [2.24, 2.45) is 0 Å². The van der Waals surface area contributed by atoms with Crippen molar-refractivity contribution in [1.29, 1.82) is 0 Å². The summed E-state index contributed by atoms with van der Waals surface area (Å²) in [4.78, 5) is 28.0. The molecule has 0 spiro atoms. The first-order chi connectivity index (χ1) is 18.9. The Morgan fingerprint density at radius 3 is 2.30 bits per heavy atom. The molecule has 0 saturated carbocycles. The molecule has 1 atom stereocenters. The summed E-state index contributed by atoms with van der Waals surface area (Å²) in [6, 6.07) is 15.2. The second-order valence-corrected chi connectivity index (χ2v) is 12.0. The van der Waals surface area contributed by atoms with Gasteiger partial charge >= 0.3 is 0 Å². The number of hydrogen-bond donors (Lipinski definition) is 1. The molecule has 40 heavy (non-hydrogen) atoms. The minimum atomic E-state index is -4.36. The number of para-hydroxylation sites is 1. The number of benzene rings is 3. The number of hydrogen-bond acceptors (Lipinski definition) is 4. The highest BCUT2D eigenvalue weighted by atomic mass is 35.5. The topological polar surface area (TPSA) is 86.8 Å². The lowest BCUT2D eigenvalue weighted by Gasteiger charge is -2.32. The second kappa shape index (κ2) is 14.0. The van der Waals surface area contributed by atoms with Gasteiger partial charge in [0, 0.05) is 13.1 Å². The molecule has 0 aliphatic carbocycles. The smallest absolute Gasteiger partial charge is 0.264 e. The molecule has 3 aromatic carbocycles. The summed E-state index contributed by atoms with van der Waals surface area (Å²) in [5.41, 5.74) is 1.13. The average molecular weight is 609 g/mol. The number of carbonyl (C=O) groups excluding carboxylic acids is 2. The largest absolute Gasteiger partial charge is 0.354 e. The van der Waals surface area contributed by atoms with Gasteiger partial charge in [0.05, 0.1) is 20.6 Å². The number of aryl methyl sites for hydroxylation is 1. The van der Waals surface area contributed by atoms with E-state index in [1.807, 2.05) is 13.8 Å². The van der Waals surface area contributed by atoms with Crippen LogP contribution in [-0.4, -0.2) is 44.3 Å². The molecule has 0 bridgehead atoms. The van der Waals surface area contributed by atoms with Crippen LogP contribution in [0.5, 0.6) is 0 Å². The van der Waals surface area contributed by atoms with E-state index >= 15 is 0 Å². The van der Waals surface area contributed by atoms with E-state index in [9.17, 15) is 22.4 Å². The Morgan fingerprint density at radius 1 is 1.00 bits per heavy atom. The summed E-state index contributed by atoms with van der Waals surface area (Å²) in [7, 11) is -4.36. The van der Waals surface area contributed by atoms with E-state index in [1.165, 1.54) is 35.2 Å². The normalized spacial score (nSPS) is 12.1. The Balaban J connectivity index is 2.02. The van der Waals surface area contributed by atoms with Gasteiger partial charge in [-0.15, -0.1) is 0 Å². The van der Waals surface area contributed by atoms with Crippen LogP contribution < -0.4 is 9.62 Å². The fourth-order valence-electron chi connectivity index (χ4n) is 3.96. The summed E-state index contributed by atoms with van der Waals surface area (Å²) in [6.45, 7) is 4.97. The zero-order valence-electron chi connectivity index (χ0n) is 22.5. The van der Waals surface area contributed by atoms with Crippen molar-refractivity contribution in [2.45, 2.75) is 51.1 Å². The number of rotatable bonds is 12. The van der Waals surface area contributed by atoms with Crippen molar-refractivity contribution in [3.8, 4) is 0 Å². The molecular weight excluding hydrogens is 576 g/mol. The minimum absolute atomic E-state index is 0.0617. The maximum atomic E-state index is 15.0. The fraction of sp³-hybridized carbons (Fsp3) is 0.310. The lowest BCUT2D eigenvalue weighted by atomic mass is 10.1. The van der Waals surface area contributed by atoms with Crippen LogP contribution in [0.4, 0.5) is 10.1 Å². The molecule has 3 rings (SSSR count). The molecule has 0 aliphatic heterocycles. The van der Waals surface area contributed by atoms with Crippen LogP contribution in [0.15, 0.2) is 71.6 Å². The van der Waals surface area contributed by atoms with E-state index in [0.29, 0.717) is 17.1 Å². The first-order valence-corrected chi connectivity index (χ1v) is 15.0. The molecule has 0 aliphatic rings. The third-order valence-electron chi connectivity index (χ3n) is 6.34. The van der Waals surface area contributed by atoms with Crippen LogP contribution >= 0.6 is 23.2 Å². The SMILES string of the molecule is CCCCNC(=O)[C@H](C)N(Cc1ccc(Cl)c(Cl)c1)C(=O)CN(c1ccccc1F)S(=O)(=O)c1ccc(C)cc1. The highest BCUT2D eigenvalue weighted by Crippen LogP contribution is 2.28. The van der Waals surface area contributed by atoms with Crippen molar-refractivity contribution in [3.05, 3.63) is 93.7 Å². The number of amides is 2. The van der Waals surface area contributed by atoms with Crippen LogP contribution in [0.3, 0.4) is 0 Å². The molecule has 0 aromatic heterocycles. The molecule has 0 unspecified atom stereocenters. The van der Waals surface area contributed by atoms with Gasteiger partial charge in [-0.25, -0.2) is 12.8 Å². The number of nitrogens with one attached hydrogen (secondary N) is 1. The molecule has 3 aromatic rings. The zero-order chi connectivity index (χ0) is 29.4. The lowest BCUT2D eigenvalue weighted by molar-refractivity contribution is -0.139. The summed E-state index contributed by atoms with van der Waals surface area (Å²) in [5.74, 6) is -1.92. The molecule has 0 radical (unpaired) electrons. The Kier molecular flexibility index (Phi) is 11.0. The summed E-state index contributed by atoms with van der Waals surface area (Å²) in [5, 5.41) is 3.40. The number of halogens is 3. The Morgan fingerprint density at radius 2 is 1.68 bits per heavy atom. The number of anilines is 1. The highest BCUT2D eigenvalue weighted by Gasteiger charge is 2.33. The summed E-state index contributed by atoms with van der Waals surface area (Å²) < 4.78 is 43.2. The first-order valence-electron chi connectivity index (χ1n) is 12.8. The Bertz CT molecular complexity index is 1450. The van der Waals surface area contributed by atoms with Crippen LogP contribution in [-0.2, 0) is 26.2 Å². The van der Waals surface area contributed by atoms with Crippen LogP contribution in [0.1, 0.15) is 37.8 Å². The molecular formula is C29H32Cl2FN3O4S. The van der Waals surface area contributed by atoms with Gasteiger partial charge in [0.25, 0.3) is 10.0 Å². The molecule has 2 amide bonds. The predicted octanol–water partition coefficient (Wildman–Crippen LogP) is 5.97. The van der Waals surface area contributed by atoms with Crippen molar-refractivity contribution >= 4 is 50.7 Å². The molecule has 0 fully saturated rings. The van der Waals surface area contributed by atoms with Gasteiger partial charge in [0.2, 0.25) is 11.8 Å². The molecule has 0 heterocycles. The third-order valence-corrected chi connectivity index (χ3v) is 8.86. The van der Waals surface area contributed by atoms with Crippen molar-refractivity contribution < 1.29 is 22.4 Å². The van der Waals surface area contributed by atoms with E-state index in [-0.39, 0.29) is 22.2 Å². The molecule has 1 N–H and O–H groups in total. The van der Waals surface area contributed by atoms with Crippen LogP contribution in [0, 0.1) is 12.7 Å². The van der Waals surface area contributed by atoms with Gasteiger partial charge < -0.3 is 10.2 Å². The minimum Gasteiger partial charge on any atom is -0.354 e. The average Bonchev–Trinajstić information content (AvgIpc) is 2.92. The van der Waals surface area contributed by atoms with Crippen LogP contribution in [0.25, 0.3) is 0 Å². The van der Waals surface area contributed by atoms with E-state index in [0.717, 1.165) is 28.8 Å². The van der Waals surface area contributed by atoms with Crippen molar-refractivity contribution in [3.63, 3.8) is 0 Å². The number of sulfonamides is 1.